The molecule has 2 heterocycles. The number of carboxylic acid groups (broad SMARTS) is 1. The van der Waals surface area contributed by atoms with Crippen LogP contribution in [-0.4, -0.2) is 28.1 Å². The molecule has 0 saturated carbocycles. The molecule has 86 valence electrons. The number of halogens is 1. The van der Waals surface area contributed by atoms with Gasteiger partial charge in [-0.1, -0.05) is 0 Å². The normalized spacial score (nSPS) is 24.6. The molecule has 16 heavy (non-hydrogen) atoms. The van der Waals surface area contributed by atoms with Crippen LogP contribution in [0.3, 0.4) is 0 Å². The number of hydrogen-bond donors (Lipinski definition) is 2. The monoisotopic (exact) mass is 284 g/mol. The first-order valence-corrected chi connectivity index (χ1v) is 6.01. The fourth-order valence-corrected chi connectivity index (χ4v) is 2.27. The van der Waals surface area contributed by atoms with Crippen LogP contribution < -0.4 is 5.32 Å². The second-order valence-corrected chi connectivity index (χ2v) is 4.98. The van der Waals surface area contributed by atoms with Crippen LogP contribution in [0.2, 0.25) is 0 Å². The third-order valence-electron chi connectivity index (χ3n) is 2.92. The summed E-state index contributed by atoms with van der Waals surface area (Å²) in [7, 11) is 0. The highest BCUT2D eigenvalue weighted by atomic mass is 79.9. The molecule has 1 aromatic heterocycles. The highest BCUT2D eigenvalue weighted by Gasteiger charge is 2.41. The summed E-state index contributed by atoms with van der Waals surface area (Å²) < 4.78 is 0.903. The third-order valence-corrected chi connectivity index (χ3v) is 3.39. The van der Waals surface area contributed by atoms with Gasteiger partial charge in [-0.2, -0.15) is 0 Å². The topological polar surface area (TPSA) is 62.2 Å². The average Bonchev–Trinajstić information content (AvgIpc) is 2.71. The molecule has 0 aliphatic carbocycles. The van der Waals surface area contributed by atoms with Gasteiger partial charge >= 0.3 is 5.97 Å². The summed E-state index contributed by atoms with van der Waals surface area (Å²) >= 11 is 3.31. The van der Waals surface area contributed by atoms with E-state index in [-0.39, 0.29) is 0 Å². The van der Waals surface area contributed by atoms with E-state index >= 15 is 0 Å². The quantitative estimate of drug-likeness (QED) is 0.885. The lowest BCUT2D eigenvalue weighted by molar-refractivity contribution is -0.144. The molecular formula is C11H13BrN2O2. The maximum Gasteiger partial charge on any atom is 0.324 e. The van der Waals surface area contributed by atoms with Gasteiger partial charge in [0.2, 0.25) is 0 Å². The van der Waals surface area contributed by atoms with Crippen molar-refractivity contribution in [1.82, 2.24) is 10.3 Å². The van der Waals surface area contributed by atoms with Gasteiger partial charge in [0.1, 0.15) is 5.54 Å². The predicted molar refractivity (Wildman–Crippen MR) is 63.2 cm³/mol. The Balaban J connectivity index is 2.18. The summed E-state index contributed by atoms with van der Waals surface area (Å²) in [6, 6.07) is 3.74. The first-order valence-electron chi connectivity index (χ1n) is 5.21. The minimum Gasteiger partial charge on any atom is -0.480 e. The standard InChI is InChI=1S/C11H13BrN2O2/c12-8-2-3-9(13-7-8)6-11(10(15)16)4-1-5-14-11/h2-3,7,14H,1,4-6H2,(H,15,16). The Kier molecular flexibility index (Phi) is 3.25. The molecular weight excluding hydrogens is 272 g/mol. The van der Waals surface area contributed by atoms with E-state index in [9.17, 15) is 9.90 Å². The lowest BCUT2D eigenvalue weighted by Crippen LogP contribution is -2.49. The largest absolute Gasteiger partial charge is 0.480 e. The highest BCUT2D eigenvalue weighted by molar-refractivity contribution is 9.10. The van der Waals surface area contributed by atoms with Gasteiger partial charge in [-0.3, -0.25) is 9.78 Å². The van der Waals surface area contributed by atoms with E-state index in [1.54, 1.807) is 6.20 Å². The minimum atomic E-state index is -0.819. The molecule has 0 amide bonds. The molecule has 1 unspecified atom stereocenters. The molecule has 4 nitrogen and oxygen atoms in total. The van der Waals surface area contributed by atoms with Gasteiger partial charge in [-0.15, -0.1) is 0 Å². The number of aliphatic carboxylic acids is 1. The SMILES string of the molecule is O=C(O)C1(Cc2ccc(Br)cn2)CCCN1. The molecule has 1 aliphatic rings. The van der Waals surface area contributed by atoms with Gasteiger partial charge < -0.3 is 10.4 Å². The van der Waals surface area contributed by atoms with Crippen molar-refractivity contribution in [3.05, 3.63) is 28.5 Å². The van der Waals surface area contributed by atoms with E-state index in [4.69, 9.17) is 0 Å². The molecule has 2 N–H and O–H groups in total. The zero-order valence-corrected chi connectivity index (χ0v) is 10.3. The Bertz CT molecular complexity index is 385. The Morgan fingerprint density at radius 2 is 2.44 bits per heavy atom. The summed E-state index contributed by atoms with van der Waals surface area (Å²) in [6.07, 6.45) is 3.71. The van der Waals surface area contributed by atoms with Crippen molar-refractivity contribution >= 4 is 21.9 Å². The van der Waals surface area contributed by atoms with Crippen molar-refractivity contribution < 1.29 is 9.90 Å². The predicted octanol–water partition coefficient (Wildman–Crippen LogP) is 1.59. The third kappa shape index (κ3) is 2.25. The zero-order chi connectivity index (χ0) is 11.6. The Labute approximate surface area is 102 Å². The van der Waals surface area contributed by atoms with Crippen molar-refractivity contribution in [1.29, 1.82) is 0 Å². The number of carbonyl (C=O) groups is 1. The van der Waals surface area contributed by atoms with Gasteiger partial charge in [0.25, 0.3) is 0 Å². The van der Waals surface area contributed by atoms with Gasteiger partial charge in [0.15, 0.2) is 0 Å². The van der Waals surface area contributed by atoms with Crippen LogP contribution in [0.25, 0.3) is 0 Å². The molecule has 1 atom stereocenters. The van der Waals surface area contributed by atoms with E-state index in [1.165, 1.54) is 0 Å². The summed E-state index contributed by atoms with van der Waals surface area (Å²) in [6.45, 7) is 0.767. The van der Waals surface area contributed by atoms with Gasteiger partial charge in [-0.05, 0) is 47.4 Å². The minimum absolute atomic E-state index is 0.440. The average molecular weight is 285 g/mol. The van der Waals surface area contributed by atoms with Crippen LogP contribution in [0.15, 0.2) is 22.8 Å². The van der Waals surface area contributed by atoms with E-state index in [1.807, 2.05) is 12.1 Å². The lowest BCUT2D eigenvalue weighted by Gasteiger charge is -2.23. The Hall–Kier alpha value is -0.940. The Morgan fingerprint density at radius 3 is 2.94 bits per heavy atom. The molecule has 0 spiro atoms. The molecule has 0 bridgehead atoms. The summed E-state index contributed by atoms with van der Waals surface area (Å²) in [4.78, 5) is 15.5. The number of nitrogens with one attached hydrogen (secondary N) is 1. The van der Waals surface area contributed by atoms with Crippen LogP contribution in [0, 0.1) is 0 Å². The number of pyridine rings is 1. The maximum atomic E-state index is 11.3. The summed E-state index contributed by atoms with van der Waals surface area (Å²) in [5.74, 6) is -0.783. The van der Waals surface area contributed by atoms with Crippen LogP contribution in [-0.2, 0) is 11.2 Å². The Morgan fingerprint density at radius 1 is 1.62 bits per heavy atom. The second-order valence-electron chi connectivity index (χ2n) is 4.06. The van der Waals surface area contributed by atoms with Gasteiger partial charge in [0.05, 0.1) is 0 Å². The van der Waals surface area contributed by atoms with Crippen molar-refractivity contribution in [2.45, 2.75) is 24.8 Å². The van der Waals surface area contributed by atoms with Crippen molar-refractivity contribution in [3.8, 4) is 0 Å². The van der Waals surface area contributed by atoms with E-state index in [0.29, 0.717) is 12.8 Å². The molecule has 2 rings (SSSR count). The molecule has 1 aromatic rings. The van der Waals surface area contributed by atoms with E-state index in [0.717, 1.165) is 23.1 Å². The van der Waals surface area contributed by atoms with Crippen molar-refractivity contribution in [2.24, 2.45) is 0 Å². The van der Waals surface area contributed by atoms with Gasteiger partial charge in [-0.25, -0.2) is 0 Å². The fraction of sp³-hybridized carbons (Fsp3) is 0.455. The van der Waals surface area contributed by atoms with Crippen LogP contribution in [0.4, 0.5) is 0 Å². The molecule has 1 fully saturated rings. The second kappa shape index (κ2) is 4.51. The lowest BCUT2D eigenvalue weighted by atomic mass is 9.91. The number of carboxylic acids is 1. The van der Waals surface area contributed by atoms with Crippen LogP contribution in [0.1, 0.15) is 18.5 Å². The molecule has 1 saturated heterocycles. The number of aromatic nitrogens is 1. The van der Waals surface area contributed by atoms with Crippen molar-refractivity contribution in [3.63, 3.8) is 0 Å². The summed E-state index contributed by atoms with van der Waals surface area (Å²) in [5, 5.41) is 12.4. The smallest absolute Gasteiger partial charge is 0.324 e. The van der Waals surface area contributed by atoms with Gasteiger partial charge in [0, 0.05) is 22.8 Å². The molecule has 5 heteroatoms. The molecule has 1 aliphatic heterocycles. The van der Waals surface area contributed by atoms with Crippen molar-refractivity contribution in [2.75, 3.05) is 6.54 Å². The van der Waals surface area contributed by atoms with Crippen LogP contribution >= 0.6 is 15.9 Å². The zero-order valence-electron chi connectivity index (χ0n) is 8.74. The molecule has 0 radical (unpaired) electrons. The van der Waals surface area contributed by atoms with Crippen LogP contribution in [0.5, 0.6) is 0 Å². The first-order chi connectivity index (χ1) is 7.62. The number of rotatable bonds is 3. The summed E-state index contributed by atoms with van der Waals surface area (Å²) in [5.41, 5.74) is -0.0131. The number of hydrogen-bond acceptors (Lipinski definition) is 3. The van der Waals surface area contributed by atoms with E-state index in [2.05, 4.69) is 26.2 Å². The number of nitrogens with zero attached hydrogens (tertiary/aromatic N) is 1. The molecule has 0 aromatic carbocycles. The fourth-order valence-electron chi connectivity index (χ4n) is 2.04. The first kappa shape index (κ1) is 11.5. The van der Waals surface area contributed by atoms with E-state index < -0.39 is 11.5 Å². The highest BCUT2D eigenvalue weighted by Crippen LogP contribution is 2.24. The maximum absolute atomic E-state index is 11.3.